The SMILES string of the molecule is COC(=O)C[C@H](N)c1ccc(C#N)cc1.Cl. The quantitative estimate of drug-likeness (QED) is 0.814. The van der Waals surface area contributed by atoms with Crippen molar-refractivity contribution in [1.82, 2.24) is 0 Å². The Hall–Kier alpha value is -1.57. The minimum Gasteiger partial charge on any atom is -0.469 e. The molecule has 0 radical (unpaired) electrons. The summed E-state index contributed by atoms with van der Waals surface area (Å²) in [5.74, 6) is -0.341. The maximum Gasteiger partial charge on any atom is 0.307 e. The zero-order valence-corrected chi connectivity index (χ0v) is 9.66. The number of halogens is 1. The third-order valence-corrected chi connectivity index (χ3v) is 2.08. The van der Waals surface area contributed by atoms with Crippen LogP contribution in [0.2, 0.25) is 0 Å². The highest BCUT2D eigenvalue weighted by Gasteiger charge is 2.11. The minimum atomic E-state index is -0.384. The van der Waals surface area contributed by atoms with Gasteiger partial charge in [-0.05, 0) is 17.7 Å². The number of hydrogen-bond donors (Lipinski definition) is 1. The normalized spacial score (nSPS) is 10.8. The Kier molecular flexibility index (Phi) is 6.16. The zero-order valence-electron chi connectivity index (χ0n) is 8.84. The molecule has 0 aliphatic heterocycles. The number of carbonyl (C=O) groups excluding carboxylic acids is 1. The number of rotatable bonds is 3. The Morgan fingerprint density at radius 2 is 2.06 bits per heavy atom. The van der Waals surface area contributed by atoms with Crippen LogP contribution in [-0.4, -0.2) is 13.1 Å². The van der Waals surface area contributed by atoms with Crippen LogP contribution in [0.4, 0.5) is 0 Å². The molecule has 1 aromatic carbocycles. The molecule has 0 heterocycles. The van der Waals surface area contributed by atoms with Crippen molar-refractivity contribution in [3.63, 3.8) is 0 Å². The summed E-state index contributed by atoms with van der Waals surface area (Å²) < 4.78 is 4.52. The summed E-state index contributed by atoms with van der Waals surface area (Å²) in [4.78, 5) is 11.0. The van der Waals surface area contributed by atoms with E-state index < -0.39 is 0 Å². The highest BCUT2D eigenvalue weighted by atomic mass is 35.5. The molecular weight excluding hydrogens is 228 g/mol. The van der Waals surface area contributed by atoms with E-state index in [4.69, 9.17) is 11.0 Å². The summed E-state index contributed by atoms with van der Waals surface area (Å²) in [7, 11) is 1.33. The standard InChI is InChI=1S/C11H12N2O2.ClH/c1-15-11(14)6-10(13)9-4-2-8(7-12)3-5-9;/h2-5,10H,6,13H2,1H3;1H/t10-;/m0./s1. The van der Waals surface area contributed by atoms with Gasteiger partial charge < -0.3 is 10.5 Å². The smallest absolute Gasteiger partial charge is 0.307 e. The van der Waals surface area contributed by atoms with Gasteiger partial charge in [0, 0.05) is 6.04 Å². The number of benzene rings is 1. The van der Waals surface area contributed by atoms with E-state index in [1.54, 1.807) is 24.3 Å². The zero-order chi connectivity index (χ0) is 11.3. The maximum absolute atomic E-state index is 11.0. The highest BCUT2D eigenvalue weighted by molar-refractivity contribution is 5.85. The Morgan fingerprint density at radius 3 is 2.50 bits per heavy atom. The number of ether oxygens (including phenoxy) is 1. The molecule has 86 valence electrons. The van der Waals surface area contributed by atoms with Gasteiger partial charge in [0.25, 0.3) is 0 Å². The molecule has 1 aromatic rings. The lowest BCUT2D eigenvalue weighted by Gasteiger charge is -2.10. The van der Waals surface area contributed by atoms with E-state index >= 15 is 0 Å². The summed E-state index contributed by atoms with van der Waals surface area (Å²) in [5, 5.41) is 8.60. The van der Waals surface area contributed by atoms with E-state index in [-0.39, 0.29) is 30.8 Å². The molecule has 4 nitrogen and oxygen atoms in total. The number of nitriles is 1. The van der Waals surface area contributed by atoms with Crippen molar-refractivity contribution in [2.24, 2.45) is 5.73 Å². The lowest BCUT2D eigenvalue weighted by Crippen LogP contribution is -2.16. The largest absolute Gasteiger partial charge is 0.469 e. The molecule has 16 heavy (non-hydrogen) atoms. The van der Waals surface area contributed by atoms with Crippen LogP contribution in [0.1, 0.15) is 23.6 Å². The molecular formula is C11H13ClN2O2. The predicted octanol–water partition coefficient (Wildman–Crippen LogP) is 1.54. The second kappa shape index (κ2) is 6.83. The van der Waals surface area contributed by atoms with E-state index in [1.165, 1.54) is 7.11 Å². The van der Waals surface area contributed by atoms with Crippen LogP contribution in [0.15, 0.2) is 24.3 Å². The van der Waals surface area contributed by atoms with E-state index in [9.17, 15) is 4.79 Å². The molecule has 1 rings (SSSR count). The van der Waals surface area contributed by atoms with E-state index in [0.29, 0.717) is 5.56 Å². The topological polar surface area (TPSA) is 76.1 Å². The third kappa shape index (κ3) is 3.89. The molecule has 0 spiro atoms. The van der Waals surface area contributed by atoms with Gasteiger partial charge in [0.1, 0.15) is 0 Å². The van der Waals surface area contributed by atoms with Gasteiger partial charge in [-0.25, -0.2) is 0 Å². The molecule has 5 heteroatoms. The second-order valence-electron chi connectivity index (χ2n) is 3.12. The van der Waals surface area contributed by atoms with Crippen molar-refractivity contribution in [3.05, 3.63) is 35.4 Å². The van der Waals surface area contributed by atoms with Gasteiger partial charge in [-0.1, -0.05) is 12.1 Å². The molecule has 0 bridgehead atoms. The molecule has 0 aliphatic carbocycles. The van der Waals surface area contributed by atoms with Crippen LogP contribution in [-0.2, 0) is 9.53 Å². The Balaban J connectivity index is 0.00000225. The Labute approximate surface area is 100 Å². The van der Waals surface area contributed by atoms with Crippen molar-refractivity contribution in [3.8, 4) is 6.07 Å². The Bertz CT molecular complexity index is 384. The van der Waals surface area contributed by atoms with Gasteiger partial charge in [0.05, 0.1) is 25.2 Å². The summed E-state index contributed by atoms with van der Waals surface area (Å²) in [6.45, 7) is 0. The second-order valence-corrected chi connectivity index (χ2v) is 3.12. The summed E-state index contributed by atoms with van der Waals surface area (Å²) in [5.41, 5.74) is 7.17. The van der Waals surface area contributed by atoms with Crippen LogP contribution in [0, 0.1) is 11.3 Å². The maximum atomic E-state index is 11.0. The monoisotopic (exact) mass is 240 g/mol. The van der Waals surface area contributed by atoms with E-state index in [1.807, 2.05) is 6.07 Å². The number of methoxy groups -OCH3 is 1. The molecule has 0 aliphatic rings. The Morgan fingerprint density at radius 1 is 1.50 bits per heavy atom. The van der Waals surface area contributed by atoms with Crippen LogP contribution < -0.4 is 5.73 Å². The van der Waals surface area contributed by atoms with Gasteiger partial charge in [-0.2, -0.15) is 5.26 Å². The van der Waals surface area contributed by atoms with Gasteiger partial charge in [0.15, 0.2) is 0 Å². The fourth-order valence-corrected chi connectivity index (χ4v) is 1.19. The highest BCUT2D eigenvalue weighted by Crippen LogP contribution is 2.14. The predicted molar refractivity (Wildman–Crippen MR) is 62.0 cm³/mol. The van der Waals surface area contributed by atoms with E-state index in [2.05, 4.69) is 4.74 Å². The third-order valence-electron chi connectivity index (χ3n) is 2.08. The van der Waals surface area contributed by atoms with Gasteiger partial charge in [-0.15, -0.1) is 12.4 Å². The molecule has 2 N–H and O–H groups in total. The fraction of sp³-hybridized carbons (Fsp3) is 0.273. The molecule has 0 fully saturated rings. The average Bonchev–Trinajstić information content (AvgIpc) is 2.29. The van der Waals surface area contributed by atoms with Crippen molar-refractivity contribution in [2.45, 2.75) is 12.5 Å². The van der Waals surface area contributed by atoms with E-state index in [0.717, 1.165) is 5.56 Å². The van der Waals surface area contributed by atoms with Crippen molar-refractivity contribution in [2.75, 3.05) is 7.11 Å². The minimum absolute atomic E-state index is 0. The lowest BCUT2D eigenvalue weighted by molar-refractivity contribution is -0.141. The molecule has 0 aromatic heterocycles. The number of esters is 1. The fourth-order valence-electron chi connectivity index (χ4n) is 1.19. The average molecular weight is 241 g/mol. The van der Waals surface area contributed by atoms with Gasteiger partial charge in [0.2, 0.25) is 0 Å². The lowest BCUT2D eigenvalue weighted by atomic mass is 10.0. The molecule has 0 saturated carbocycles. The number of carbonyl (C=O) groups is 1. The molecule has 1 atom stereocenters. The first kappa shape index (κ1) is 14.4. The molecule has 0 unspecified atom stereocenters. The number of nitrogens with zero attached hydrogens (tertiary/aromatic N) is 1. The first-order valence-electron chi connectivity index (χ1n) is 4.50. The van der Waals surface area contributed by atoms with Crippen molar-refractivity contribution in [1.29, 1.82) is 5.26 Å². The number of nitrogens with two attached hydrogens (primary N) is 1. The van der Waals surface area contributed by atoms with Crippen molar-refractivity contribution < 1.29 is 9.53 Å². The van der Waals surface area contributed by atoms with Gasteiger partial charge in [-0.3, -0.25) is 4.79 Å². The van der Waals surface area contributed by atoms with Crippen LogP contribution >= 0.6 is 12.4 Å². The first-order chi connectivity index (χ1) is 7.17. The van der Waals surface area contributed by atoms with Crippen LogP contribution in [0.5, 0.6) is 0 Å². The molecule has 0 amide bonds. The van der Waals surface area contributed by atoms with Crippen LogP contribution in [0.3, 0.4) is 0 Å². The number of hydrogen-bond acceptors (Lipinski definition) is 4. The van der Waals surface area contributed by atoms with Gasteiger partial charge >= 0.3 is 5.97 Å². The summed E-state index contributed by atoms with van der Waals surface area (Å²) in [6.07, 6.45) is 0.141. The summed E-state index contributed by atoms with van der Waals surface area (Å²) >= 11 is 0. The summed E-state index contributed by atoms with van der Waals surface area (Å²) in [6, 6.07) is 8.46. The van der Waals surface area contributed by atoms with Crippen LogP contribution in [0.25, 0.3) is 0 Å². The molecule has 0 saturated heterocycles. The first-order valence-corrected chi connectivity index (χ1v) is 4.50. The van der Waals surface area contributed by atoms with Crippen molar-refractivity contribution >= 4 is 18.4 Å².